The van der Waals surface area contributed by atoms with Crippen LogP contribution in [-0.2, 0) is 4.79 Å². The fourth-order valence-corrected chi connectivity index (χ4v) is 3.04. The van der Waals surface area contributed by atoms with Crippen LogP contribution in [0, 0.1) is 6.92 Å². The third kappa shape index (κ3) is 4.32. The van der Waals surface area contributed by atoms with Gasteiger partial charge in [-0.2, -0.15) is 0 Å². The van der Waals surface area contributed by atoms with E-state index < -0.39 is 0 Å². The first-order chi connectivity index (χ1) is 14.1. The van der Waals surface area contributed by atoms with Crippen LogP contribution in [0.25, 0.3) is 16.9 Å². The molecule has 0 aliphatic heterocycles. The number of imidazole rings is 1. The van der Waals surface area contributed by atoms with Crippen LogP contribution in [0.1, 0.15) is 15.9 Å². The van der Waals surface area contributed by atoms with E-state index in [0.29, 0.717) is 11.3 Å². The van der Waals surface area contributed by atoms with Gasteiger partial charge in [0.2, 0.25) is 5.91 Å². The summed E-state index contributed by atoms with van der Waals surface area (Å²) in [4.78, 5) is 28.9. The molecule has 6 heteroatoms. The number of aromatic nitrogens is 2. The first kappa shape index (κ1) is 18.4. The van der Waals surface area contributed by atoms with E-state index in [-0.39, 0.29) is 18.4 Å². The molecule has 2 amide bonds. The maximum atomic E-state index is 12.2. The third-order valence-electron chi connectivity index (χ3n) is 4.50. The van der Waals surface area contributed by atoms with Crippen molar-refractivity contribution in [2.75, 3.05) is 11.9 Å². The van der Waals surface area contributed by atoms with E-state index >= 15 is 0 Å². The van der Waals surface area contributed by atoms with Gasteiger partial charge in [0.05, 0.1) is 12.2 Å². The summed E-state index contributed by atoms with van der Waals surface area (Å²) < 4.78 is 1.96. The van der Waals surface area contributed by atoms with E-state index in [2.05, 4.69) is 15.6 Å². The predicted octanol–water partition coefficient (Wildman–Crippen LogP) is 3.68. The molecule has 0 bridgehead atoms. The van der Waals surface area contributed by atoms with Crippen LogP contribution in [0.15, 0.2) is 79.1 Å². The van der Waals surface area contributed by atoms with Gasteiger partial charge in [-0.25, -0.2) is 4.98 Å². The number of nitrogens with one attached hydrogen (secondary N) is 2. The highest BCUT2D eigenvalue weighted by Gasteiger charge is 2.09. The van der Waals surface area contributed by atoms with E-state index in [4.69, 9.17) is 0 Å². The van der Waals surface area contributed by atoms with Crippen molar-refractivity contribution in [2.45, 2.75) is 6.92 Å². The number of amides is 2. The minimum atomic E-state index is -0.294. The normalized spacial score (nSPS) is 10.7. The van der Waals surface area contributed by atoms with Crippen LogP contribution in [0.3, 0.4) is 0 Å². The number of anilines is 1. The molecule has 144 valence electrons. The molecule has 0 atom stereocenters. The van der Waals surface area contributed by atoms with Crippen LogP contribution < -0.4 is 10.6 Å². The number of nitrogens with zero attached hydrogens (tertiary/aromatic N) is 2. The lowest BCUT2D eigenvalue weighted by molar-refractivity contribution is -0.115. The lowest BCUT2D eigenvalue weighted by atomic mass is 10.1. The van der Waals surface area contributed by atoms with E-state index in [9.17, 15) is 9.59 Å². The standard InChI is InChI=1S/C23H20N4O2/c1-16-10-11-27-15-20(26-21(27)12-16)18-8-5-9-19(13-18)25-22(28)14-24-23(29)17-6-3-2-4-7-17/h2-13,15H,14H2,1H3,(H,24,29)(H,25,28). The Hall–Kier alpha value is -3.93. The third-order valence-corrected chi connectivity index (χ3v) is 4.50. The summed E-state index contributed by atoms with van der Waals surface area (Å²) in [5, 5.41) is 5.44. The second-order valence-corrected chi connectivity index (χ2v) is 6.77. The molecule has 0 fully saturated rings. The molecule has 4 aromatic rings. The number of carbonyl (C=O) groups is 2. The van der Waals surface area contributed by atoms with E-state index in [1.165, 1.54) is 0 Å². The first-order valence-electron chi connectivity index (χ1n) is 9.27. The monoisotopic (exact) mass is 384 g/mol. The average molecular weight is 384 g/mol. The van der Waals surface area contributed by atoms with Gasteiger partial charge in [-0.15, -0.1) is 0 Å². The maximum absolute atomic E-state index is 12.2. The van der Waals surface area contributed by atoms with Crippen molar-refractivity contribution < 1.29 is 9.59 Å². The predicted molar refractivity (Wildman–Crippen MR) is 113 cm³/mol. The fourth-order valence-electron chi connectivity index (χ4n) is 3.04. The largest absolute Gasteiger partial charge is 0.343 e. The highest BCUT2D eigenvalue weighted by atomic mass is 16.2. The second kappa shape index (κ2) is 7.98. The van der Waals surface area contributed by atoms with Gasteiger partial charge in [0, 0.05) is 29.2 Å². The highest BCUT2D eigenvalue weighted by molar-refractivity contribution is 5.99. The minimum Gasteiger partial charge on any atom is -0.343 e. The number of rotatable bonds is 5. The zero-order chi connectivity index (χ0) is 20.2. The van der Waals surface area contributed by atoms with Gasteiger partial charge in [-0.3, -0.25) is 9.59 Å². The molecule has 0 radical (unpaired) electrons. The quantitative estimate of drug-likeness (QED) is 0.551. The van der Waals surface area contributed by atoms with E-state index in [1.54, 1.807) is 30.3 Å². The number of hydrogen-bond donors (Lipinski definition) is 2. The van der Waals surface area contributed by atoms with E-state index in [0.717, 1.165) is 22.5 Å². The Kier molecular flexibility index (Phi) is 5.07. The van der Waals surface area contributed by atoms with Gasteiger partial charge in [-0.05, 0) is 48.9 Å². The van der Waals surface area contributed by atoms with Crippen molar-refractivity contribution in [3.8, 4) is 11.3 Å². The van der Waals surface area contributed by atoms with Crippen molar-refractivity contribution in [2.24, 2.45) is 0 Å². The zero-order valence-electron chi connectivity index (χ0n) is 15.9. The van der Waals surface area contributed by atoms with Crippen LogP contribution >= 0.6 is 0 Å². The Morgan fingerprint density at radius 2 is 1.83 bits per heavy atom. The number of pyridine rings is 1. The molecule has 0 saturated carbocycles. The van der Waals surface area contributed by atoms with Crippen LogP contribution in [0.4, 0.5) is 5.69 Å². The highest BCUT2D eigenvalue weighted by Crippen LogP contribution is 2.22. The summed E-state index contributed by atoms with van der Waals surface area (Å²) >= 11 is 0. The van der Waals surface area contributed by atoms with Gasteiger partial charge < -0.3 is 15.0 Å². The average Bonchev–Trinajstić information content (AvgIpc) is 3.16. The minimum absolute atomic E-state index is 0.106. The first-order valence-corrected chi connectivity index (χ1v) is 9.27. The molecular weight excluding hydrogens is 364 g/mol. The Balaban J connectivity index is 1.43. The molecule has 0 spiro atoms. The summed E-state index contributed by atoms with van der Waals surface area (Å²) in [5.74, 6) is -0.577. The molecule has 2 aromatic carbocycles. The van der Waals surface area contributed by atoms with Crippen molar-refractivity contribution in [1.82, 2.24) is 14.7 Å². The lowest BCUT2D eigenvalue weighted by Gasteiger charge is -2.08. The van der Waals surface area contributed by atoms with Crippen molar-refractivity contribution in [3.63, 3.8) is 0 Å². The second-order valence-electron chi connectivity index (χ2n) is 6.77. The molecule has 2 N–H and O–H groups in total. The number of carbonyl (C=O) groups excluding carboxylic acids is 2. The molecule has 2 aromatic heterocycles. The summed E-state index contributed by atoms with van der Waals surface area (Å²) in [5.41, 5.74) is 4.91. The number of aryl methyl sites for hydroxylation is 1. The van der Waals surface area contributed by atoms with Crippen LogP contribution in [-0.4, -0.2) is 27.7 Å². The lowest BCUT2D eigenvalue weighted by Crippen LogP contribution is -2.32. The molecule has 29 heavy (non-hydrogen) atoms. The van der Waals surface area contributed by atoms with Crippen LogP contribution in [0.2, 0.25) is 0 Å². The Morgan fingerprint density at radius 3 is 2.66 bits per heavy atom. The fraction of sp³-hybridized carbons (Fsp3) is 0.0870. The Morgan fingerprint density at radius 1 is 1.00 bits per heavy atom. The summed E-state index contributed by atoms with van der Waals surface area (Å²) in [6, 6.07) is 20.3. The zero-order valence-corrected chi connectivity index (χ0v) is 15.9. The van der Waals surface area contributed by atoms with Crippen LogP contribution in [0.5, 0.6) is 0 Å². The van der Waals surface area contributed by atoms with Gasteiger partial charge >= 0.3 is 0 Å². The molecule has 2 heterocycles. The number of hydrogen-bond acceptors (Lipinski definition) is 3. The molecule has 0 aliphatic rings. The molecular formula is C23H20N4O2. The van der Waals surface area contributed by atoms with Crippen molar-refractivity contribution in [3.05, 3.63) is 90.3 Å². The number of fused-ring (bicyclic) bond motifs is 1. The number of benzene rings is 2. The molecule has 6 nitrogen and oxygen atoms in total. The van der Waals surface area contributed by atoms with Crippen molar-refractivity contribution in [1.29, 1.82) is 0 Å². The smallest absolute Gasteiger partial charge is 0.251 e. The maximum Gasteiger partial charge on any atom is 0.251 e. The van der Waals surface area contributed by atoms with E-state index in [1.807, 2.05) is 60.1 Å². The Labute approximate surface area is 168 Å². The van der Waals surface area contributed by atoms with Gasteiger partial charge in [-0.1, -0.05) is 30.3 Å². The molecule has 0 saturated heterocycles. The van der Waals surface area contributed by atoms with Gasteiger partial charge in [0.25, 0.3) is 5.91 Å². The summed E-state index contributed by atoms with van der Waals surface area (Å²) in [6.45, 7) is 1.92. The topological polar surface area (TPSA) is 75.5 Å². The summed E-state index contributed by atoms with van der Waals surface area (Å²) in [7, 11) is 0. The van der Waals surface area contributed by atoms with Gasteiger partial charge in [0.1, 0.15) is 5.65 Å². The summed E-state index contributed by atoms with van der Waals surface area (Å²) in [6.07, 6.45) is 3.93. The van der Waals surface area contributed by atoms with Crippen molar-refractivity contribution >= 4 is 23.1 Å². The van der Waals surface area contributed by atoms with Gasteiger partial charge in [0.15, 0.2) is 0 Å². The molecule has 4 rings (SSSR count). The molecule has 0 unspecified atom stereocenters. The molecule has 0 aliphatic carbocycles. The SMILES string of the molecule is Cc1ccn2cc(-c3cccc(NC(=O)CNC(=O)c4ccccc4)c3)nc2c1. The Bertz CT molecular complexity index is 1180.